The van der Waals surface area contributed by atoms with Crippen LogP contribution in [0.15, 0.2) is 36.4 Å². The predicted molar refractivity (Wildman–Crippen MR) is 122 cm³/mol. The maximum Gasteiger partial charge on any atom is 0.161 e. The van der Waals surface area contributed by atoms with Crippen molar-refractivity contribution < 1.29 is 13.9 Å². The van der Waals surface area contributed by atoms with Gasteiger partial charge in [-0.05, 0) is 81.6 Å². The molecule has 6 heteroatoms. The third-order valence-corrected chi connectivity index (χ3v) is 6.31. The van der Waals surface area contributed by atoms with Gasteiger partial charge in [-0.25, -0.2) is 4.39 Å². The summed E-state index contributed by atoms with van der Waals surface area (Å²) in [4.78, 5) is 2.53. The minimum Gasteiger partial charge on any atom is -0.493 e. The molecule has 1 saturated heterocycles. The number of aromatic nitrogens is 2. The van der Waals surface area contributed by atoms with Crippen LogP contribution >= 0.6 is 0 Å². The summed E-state index contributed by atoms with van der Waals surface area (Å²) in [5, 5.41) is 8.50. The number of fused-ring (bicyclic) bond motifs is 1. The number of benzene rings is 2. The molecule has 0 unspecified atom stereocenters. The summed E-state index contributed by atoms with van der Waals surface area (Å²) in [5.74, 6) is 1.87. The molecular formula is C25H32FN3O2. The Morgan fingerprint density at radius 2 is 1.94 bits per heavy atom. The Bertz CT molecular complexity index is 996. The average Bonchev–Trinajstić information content (AvgIpc) is 3.22. The minimum atomic E-state index is -0.235. The average molecular weight is 426 g/mol. The molecule has 4 rings (SSSR count). The number of methoxy groups -OCH3 is 1. The molecule has 1 aliphatic heterocycles. The van der Waals surface area contributed by atoms with Gasteiger partial charge in [0.05, 0.1) is 19.2 Å². The van der Waals surface area contributed by atoms with E-state index in [1.54, 1.807) is 7.11 Å². The van der Waals surface area contributed by atoms with Gasteiger partial charge in [0, 0.05) is 23.1 Å². The van der Waals surface area contributed by atoms with Gasteiger partial charge in [0.1, 0.15) is 5.82 Å². The molecule has 5 nitrogen and oxygen atoms in total. The number of hydrogen-bond acceptors (Lipinski definition) is 4. The van der Waals surface area contributed by atoms with Gasteiger partial charge < -0.3 is 14.4 Å². The third kappa shape index (κ3) is 5.18. The molecule has 3 aromatic rings. The van der Waals surface area contributed by atoms with Crippen LogP contribution in [0.3, 0.4) is 0 Å². The summed E-state index contributed by atoms with van der Waals surface area (Å²) in [6.07, 6.45) is 5.34. The number of aromatic amines is 1. The van der Waals surface area contributed by atoms with Crippen molar-refractivity contribution in [3.8, 4) is 11.5 Å². The fourth-order valence-corrected chi connectivity index (χ4v) is 4.43. The van der Waals surface area contributed by atoms with Crippen LogP contribution in [0.2, 0.25) is 0 Å². The first-order valence-corrected chi connectivity index (χ1v) is 11.3. The highest BCUT2D eigenvalue weighted by molar-refractivity contribution is 5.81. The first-order valence-electron chi connectivity index (χ1n) is 11.3. The van der Waals surface area contributed by atoms with Gasteiger partial charge in [-0.1, -0.05) is 13.0 Å². The molecule has 0 spiro atoms. The number of halogens is 1. The highest BCUT2D eigenvalue weighted by Crippen LogP contribution is 2.32. The van der Waals surface area contributed by atoms with Crippen molar-refractivity contribution in [1.29, 1.82) is 0 Å². The maximum atomic E-state index is 13.4. The lowest BCUT2D eigenvalue weighted by Gasteiger charge is -2.31. The molecule has 1 aliphatic rings. The van der Waals surface area contributed by atoms with Gasteiger partial charge in [0.2, 0.25) is 0 Å². The lowest BCUT2D eigenvalue weighted by Crippen LogP contribution is -2.34. The minimum absolute atomic E-state index is 0.235. The van der Waals surface area contributed by atoms with Gasteiger partial charge in [-0.2, -0.15) is 5.10 Å². The first-order chi connectivity index (χ1) is 15.2. The molecule has 2 aromatic carbocycles. The van der Waals surface area contributed by atoms with Crippen molar-refractivity contribution in [2.24, 2.45) is 0 Å². The van der Waals surface area contributed by atoms with E-state index in [0.29, 0.717) is 12.5 Å². The monoisotopic (exact) mass is 425 g/mol. The van der Waals surface area contributed by atoms with Crippen LogP contribution in [-0.4, -0.2) is 48.4 Å². The predicted octanol–water partition coefficient (Wildman–Crippen LogP) is 5.31. The molecule has 0 radical (unpaired) electrons. The summed E-state index contributed by atoms with van der Waals surface area (Å²) in [5.41, 5.74) is 3.13. The number of aryl methyl sites for hydroxylation is 1. The highest BCUT2D eigenvalue weighted by atomic mass is 19.1. The second-order valence-corrected chi connectivity index (χ2v) is 8.31. The number of piperidine rings is 1. The zero-order chi connectivity index (χ0) is 21.6. The van der Waals surface area contributed by atoms with Crippen molar-refractivity contribution in [3.63, 3.8) is 0 Å². The van der Waals surface area contributed by atoms with E-state index in [2.05, 4.69) is 34.2 Å². The Balaban J connectivity index is 1.19. The highest BCUT2D eigenvalue weighted by Gasteiger charge is 2.23. The van der Waals surface area contributed by atoms with Crippen LogP contribution < -0.4 is 9.47 Å². The summed E-state index contributed by atoms with van der Waals surface area (Å²) >= 11 is 0. The fraction of sp³-hybridized carbons (Fsp3) is 0.480. The van der Waals surface area contributed by atoms with Crippen molar-refractivity contribution >= 4 is 10.9 Å². The fourth-order valence-electron chi connectivity index (χ4n) is 4.43. The van der Waals surface area contributed by atoms with Gasteiger partial charge >= 0.3 is 0 Å². The second kappa shape index (κ2) is 10.1. The SMILES string of the molecule is CCc1ccc(OCCCCN2CCC(c3[nH]nc4cc(F)ccc34)CC2)c(OC)c1. The number of unbranched alkanes of at least 4 members (excludes halogenated alkanes) is 1. The van der Waals surface area contributed by atoms with Gasteiger partial charge in [0.15, 0.2) is 11.5 Å². The van der Waals surface area contributed by atoms with Gasteiger partial charge in [-0.3, -0.25) is 5.10 Å². The second-order valence-electron chi connectivity index (χ2n) is 8.31. The Morgan fingerprint density at radius 3 is 2.71 bits per heavy atom. The molecule has 1 fully saturated rings. The molecule has 1 aromatic heterocycles. The van der Waals surface area contributed by atoms with Crippen LogP contribution in [0.25, 0.3) is 10.9 Å². The molecule has 31 heavy (non-hydrogen) atoms. The number of hydrogen-bond donors (Lipinski definition) is 1. The van der Waals surface area contributed by atoms with Crippen LogP contribution in [0, 0.1) is 5.82 Å². The number of rotatable bonds is 9. The van der Waals surface area contributed by atoms with E-state index >= 15 is 0 Å². The van der Waals surface area contributed by atoms with Crippen LogP contribution in [0.1, 0.15) is 49.8 Å². The molecule has 0 aliphatic carbocycles. The van der Waals surface area contributed by atoms with Gasteiger partial charge in [0.25, 0.3) is 0 Å². The zero-order valence-electron chi connectivity index (χ0n) is 18.5. The molecule has 1 N–H and O–H groups in total. The smallest absolute Gasteiger partial charge is 0.161 e. The molecular weight excluding hydrogens is 393 g/mol. The van der Waals surface area contributed by atoms with Crippen molar-refractivity contribution in [1.82, 2.24) is 15.1 Å². The topological polar surface area (TPSA) is 50.4 Å². The van der Waals surface area contributed by atoms with E-state index in [9.17, 15) is 4.39 Å². The number of H-pyrrole nitrogens is 1. The molecule has 166 valence electrons. The standard InChI is InChI=1S/C25H32FN3O2/c1-3-18-6-9-23(24(16-18)30-2)31-15-5-4-12-29-13-10-19(11-14-29)25-21-8-7-20(26)17-22(21)27-28-25/h6-9,16-17,19H,3-5,10-15H2,1-2H3,(H,27,28). The Hall–Kier alpha value is -2.60. The summed E-state index contributed by atoms with van der Waals surface area (Å²) < 4.78 is 24.8. The van der Waals surface area contributed by atoms with E-state index in [1.807, 2.05) is 12.1 Å². The molecule has 0 amide bonds. The molecule has 2 heterocycles. The zero-order valence-corrected chi connectivity index (χ0v) is 18.5. The van der Waals surface area contributed by atoms with Gasteiger partial charge in [-0.15, -0.1) is 0 Å². The Labute approximate surface area is 183 Å². The van der Waals surface area contributed by atoms with Crippen molar-refractivity contribution in [2.75, 3.05) is 33.4 Å². The van der Waals surface area contributed by atoms with E-state index < -0.39 is 0 Å². The largest absolute Gasteiger partial charge is 0.493 e. The lowest BCUT2D eigenvalue weighted by molar-refractivity contribution is 0.200. The number of nitrogens with one attached hydrogen (secondary N) is 1. The molecule has 0 atom stereocenters. The van der Waals surface area contributed by atoms with E-state index in [-0.39, 0.29) is 5.82 Å². The Morgan fingerprint density at radius 1 is 1.10 bits per heavy atom. The summed E-state index contributed by atoms with van der Waals surface area (Å²) in [7, 11) is 1.69. The number of nitrogens with zero attached hydrogens (tertiary/aromatic N) is 2. The maximum absolute atomic E-state index is 13.4. The summed E-state index contributed by atoms with van der Waals surface area (Å²) in [6, 6.07) is 11.0. The van der Waals surface area contributed by atoms with Crippen molar-refractivity contribution in [3.05, 3.63) is 53.5 Å². The van der Waals surface area contributed by atoms with E-state index in [4.69, 9.17) is 9.47 Å². The lowest BCUT2D eigenvalue weighted by atomic mass is 9.91. The van der Waals surface area contributed by atoms with Crippen molar-refractivity contribution in [2.45, 2.75) is 44.9 Å². The number of ether oxygens (including phenoxy) is 2. The third-order valence-electron chi connectivity index (χ3n) is 6.31. The van der Waals surface area contributed by atoms with Crippen LogP contribution in [-0.2, 0) is 6.42 Å². The van der Waals surface area contributed by atoms with Crippen LogP contribution in [0.4, 0.5) is 4.39 Å². The summed E-state index contributed by atoms with van der Waals surface area (Å²) in [6.45, 7) is 6.10. The van der Waals surface area contributed by atoms with E-state index in [1.165, 1.54) is 17.7 Å². The number of likely N-dealkylation sites (tertiary alicyclic amines) is 1. The first kappa shape index (κ1) is 21.6. The quantitative estimate of drug-likeness (QED) is 0.472. The molecule has 0 saturated carbocycles. The Kier molecular flexibility index (Phi) is 7.07. The van der Waals surface area contributed by atoms with Crippen LogP contribution in [0.5, 0.6) is 11.5 Å². The normalized spacial score (nSPS) is 15.5. The van der Waals surface area contributed by atoms with E-state index in [0.717, 1.165) is 79.8 Å². The molecule has 0 bridgehead atoms.